The number of rotatable bonds is 8. The average Bonchev–Trinajstić information content (AvgIpc) is 3.56. The van der Waals surface area contributed by atoms with Crippen LogP contribution in [0.25, 0.3) is 17.4 Å². The molecule has 216 valence electrons. The van der Waals surface area contributed by atoms with Crippen molar-refractivity contribution in [3.63, 3.8) is 0 Å². The van der Waals surface area contributed by atoms with Gasteiger partial charge < -0.3 is 23.7 Å². The number of carboxylic acids is 1. The molecule has 0 fully saturated rings. The van der Waals surface area contributed by atoms with Crippen molar-refractivity contribution in [1.82, 2.24) is 4.57 Å². The molecule has 10 nitrogen and oxygen atoms in total. The van der Waals surface area contributed by atoms with Crippen LogP contribution in [0.2, 0.25) is 5.02 Å². The third-order valence-corrected chi connectivity index (χ3v) is 7.94. The van der Waals surface area contributed by atoms with E-state index in [1.807, 2.05) is 0 Å². The van der Waals surface area contributed by atoms with Crippen LogP contribution in [0.15, 0.2) is 74.0 Å². The standard InChI is InChI=1S/C30H25ClN2O8S/c1-5-40-29(37)25-15(2)32-30-33(26(25)20-13-17(38-3)7-11-23(20)39-4)27(34)24(42-30)14-18-8-10-22(41-18)16-6-9-21(31)19(12-16)28(35)36/h6-14,26H,5H2,1-4H3,(H,35,36)/b24-14-/t26-/m0/s1. The van der Waals surface area contributed by atoms with Crippen LogP contribution in [0.5, 0.6) is 11.5 Å². The van der Waals surface area contributed by atoms with E-state index in [1.165, 1.54) is 30.9 Å². The smallest absolute Gasteiger partial charge is 0.338 e. The van der Waals surface area contributed by atoms with Crippen LogP contribution in [0.1, 0.15) is 41.6 Å². The van der Waals surface area contributed by atoms with Gasteiger partial charge in [0.25, 0.3) is 5.56 Å². The number of carbonyl (C=O) groups is 2. The van der Waals surface area contributed by atoms with Gasteiger partial charge in [-0.3, -0.25) is 9.36 Å². The first-order valence-corrected chi connectivity index (χ1v) is 13.9. The molecule has 42 heavy (non-hydrogen) atoms. The summed E-state index contributed by atoms with van der Waals surface area (Å²) in [6.07, 6.45) is 1.57. The summed E-state index contributed by atoms with van der Waals surface area (Å²) in [6.45, 7) is 3.54. The molecule has 0 bridgehead atoms. The number of furan rings is 1. The van der Waals surface area contributed by atoms with Crippen molar-refractivity contribution < 1.29 is 33.3 Å². The van der Waals surface area contributed by atoms with Gasteiger partial charge in [-0.1, -0.05) is 22.9 Å². The molecule has 0 aliphatic carbocycles. The number of aromatic nitrogens is 1. The number of carboxylic acid groups (broad SMARTS) is 1. The van der Waals surface area contributed by atoms with Crippen molar-refractivity contribution in [3.05, 3.63) is 101 Å². The molecule has 12 heteroatoms. The van der Waals surface area contributed by atoms with Gasteiger partial charge in [0.2, 0.25) is 0 Å². The Bertz CT molecular complexity index is 1930. The Kier molecular flexibility index (Phi) is 8.06. The molecule has 4 aromatic rings. The van der Waals surface area contributed by atoms with Gasteiger partial charge in [0.15, 0.2) is 4.80 Å². The van der Waals surface area contributed by atoms with Crippen LogP contribution in [-0.2, 0) is 9.53 Å². The number of fused-ring (bicyclic) bond motifs is 1. The van der Waals surface area contributed by atoms with Crippen molar-refractivity contribution in [2.75, 3.05) is 20.8 Å². The molecule has 0 saturated carbocycles. The van der Waals surface area contributed by atoms with Gasteiger partial charge in [0, 0.05) is 17.2 Å². The largest absolute Gasteiger partial charge is 0.497 e. The molecule has 3 heterocycles. The highest BCUT2D eigenvalue weighted by molar-refractivity contribution is 7.07. The van der Waals surface area contributed by atoms with Gasteiger partial charge in [-0.25, -0.2) is 14.6 Å². The lowest BCUT2D eigenvalue weighted by molar-refractivity contribution is -0.139. The van der Waals surface area contributed by atoms with E-state index >= 15 is 0 Å². The predicted molar refractivity (Wildman–Crippen MR) is 156 cm³/mol. The summed E-state index contributed by atoms with van der Waals surface area (Å²) in [5.41, 5.74) is 1.20. The summed E-state index contributed by atoms with van der Waals surface area (Å²) in [5, 5.41) is 9.51. The SMILES string of the molecule is CCOC(=O)C1=C(C)N=c2s/c(=C\c3ccc(-c4ccc(Cl)c(C(=O)O)c4)o3)c(=O)n2[C@H]1c1cc(OC)ccc1OC. The minimum absolute atomic E-state index is 0.0545. The summed E-state index contributed by atoms with van der Waals surface area (Å²) < 4.78 is 24.1. The first kappa shape index (κ1) is 28.9. The number of methoxy groups -OCH3 is 2. The summed E-state index contributed by atoms with van der Waals surface area (Å²) in [5.74, 6) is -0.0309. The molecule has 0 radical (unpaired) electrons. The fourth-order valence-corrected chi connectivity index (χ4v) is 5.92. The first-order valence-electron chi connectivity index (χ1n) is 12.7. The molecule has 1 aliphatic heterocycles. The number of esters is 1. The molecular weight excluding hydrogens is 584 g/mol. The number of carbonyl (C=O) groups excluding carboxylic acids is 1. The highest BCUT2D eigenvalue weighted by Crippen LogP contribution is 2.38. The number of halogens is 1. The fourth-order valence-electron chi connectivity index (χ4n) is 4.70. The monoisotopic (exact) mass is 608 g/mol. The minimum atomic E-state index is -1.16. The van der Waals surface area contributed by atoms with Crippen LogP contribution < -0.4 is 24.4 Å². The van der Waals surface area contributed by atoms with Gasteiger partial charge in [0.1, 0.15) is 29.1 Å². The van der Waals surface area contributed by atoms with Gasteiger partial charge in [0.05, 0.1) is 47.2 Å². The Labute approximate surface area is 248 Å². The van der Waals surface area contributed by atoms with E-state index < -0.39 is 23.5 Å². The second kappa shape index (κ2) is 11.7. The average molecular weight is 609 g/mol. The van der Waals surface area contributed by atoms with Crippen LogP contribution in [0.3, 0.4) is 0 Å². The normalized spacial score (nSPS) is 14.8. The van der Waals surface area contributed by atoms with Crippen molar-refractivity contribution >= 4 is 41.0 Å². The van der Waals surface area contributed by atoms with Crippen LogP contribution in [0, 0.1) is 0 Å². The van der Waals surface area contributed by atoms with E-state index in [0.29, 0.717) is 49.2 Å². The van der Waals surface area contributed by atoms with E-state index in [4.69, 9.17) is 30.2 Å². The highest BCUT2D eigenvalue weighted by Gasteiger charge is 2.35. The third-order valence-electron chi connectivity index (χ3n) is 6.63. The highest BCUT2D eigenvalue weighted by atomic mass is 35.5. The molecule has 2 aromatic carbocycles. The molecule has 2 aromatic heterocycles. The van der Waals surface area contributed by atoms with Crippen molar-refractivity contribution in [2.24, 2.45) is 4.99 Å². The van der Waals surface area contributed by atoms with E-state index in [2.05, 4.69) is 4.99 Å². The second-order valence-corrected chi connectivity index (χ2v) is 10.5. The quantitative estimate of drug-likeness (QED) is 0.291. The van der Waals surface area contributed by atoms with Crippen molar-refractivity contribution in [1.29, 1.82) is 0 Å². The van der Waals surface area contributed by atoms with E-state index in [0.717, 1.165) is 11.3 Å². The Hall–Kier alpha value is -4.61. The minimum Gasteiger partial charge on any atom is -0.497 e. The Morgan fingerprint density at radius 2 is 1.93 bits per heavy atom. The third kappa shape index (κ3) is 5.24. The summed E-state index contributed by atoms with van der Waals surface area (Å²) >= 11 is 7.14. The predicted octanol–water partition coefficient (Wildman–Crippen LogP) is 4.43. The molecule has 1 atom stereocenters. The fraction of sp³-hybridized carbons (Fsp3) is 0.200. The van der Waals surface area contributed by atoms with Crippen LogP contribution in [0.4, 0.5) is 0 Å². The molecule has 1 N–H and O–H groups in total. The lowest BCUT2D eigenvalue weighted by atomic mass is 9.95. The van der Waals surface area contributed by atoms with Crippen LogP contribution >= 0.6 is 22.9 Å². The number of ether oxygens (including phenoxy) is 3. The Balaban J connectivity index is 1.66. The van der Waals surface area contributed by atoms with Gasteiger partial charge in [-0.15, -0.1) is 0 Å². The van der Waals surface area contributed by atoms with Gasteiger partial charge in [-0.05, 0) is 62.4 Å². The lowest BCUT2D eigenvalue weighted by Gasteiger charge is -2.26. The van der Waals surface area contributed by atoms with Gasteiger partial charge >= 0.3 is 11.9 Å². The zero-order valence-corrected chi connectivity index (χ0v) is 24.5. The lowest BCUT2D eigenvalue weighted by Crippen LogP contribution is -2.40. The van der Waals surface area contributed by atoms with Crippen molar-refractivity contribution in [3.8, 4) is 22.8 Å². The van der Waals surface area contributed by atoms with Crippen molar-refractivity contribution in [2.45, 2.75) is 19.9 Å². The molecule has 0 spiro atoms. The molecule has 1 aliphatic rings. The molecule has 5 rings (SSSR count). The number of allylic oxidation sites excluding steroid dienone is 1. The maximum atomic E-state index is 13.9. The number of benzene rings is 2. The second-order valence-electron chi connectivity index (χ2n) is 9.11. The van der Waals surface area contributed by atoms with E-state index in [1.54, 1.807) is 56.3 Å². The summed E-state index contributed by atoms with van der Waals surface area (Å²) in [6, 6.07) is 12.1. The molecular formula is C30H25ClN2O8S. The molecule has 0 saturated heterocycles. The summed E-state index contributed by atoms with van der Waals surface area (Å²) in [4.78, 5) is 43.6. The maximum absolute atomic E-state index is 13.9. The number of nitrogens with zero attached hydrogens (tertiary/aromatic N) is 2. The number of thiazole rings is 1. The van der Waals surface area contributed by atoms with E-state index in [-0.39, 0.29) is 22.8 Å². The topological polar surface area (TPSA) is 130 Å². The molecule has 0 amide bonds. The zero-order chi connectivity index (χ0) is 30.1. The maximum Gasteiger partial charge on any atom is 0.338 e. The first-order chi connectivity index (χ1) is 20.2. The Morgan fingerprint density at radius 3 is 2.62 bits per heavy atom. The Morgan fingerprint density at radius 1 is 1.14 bits per heavy atom. The molecule has 0 unspecified atom stereocenters. The number of hydrogen-bond donors (Lipinski definition) is 1. The van der Waals surface area contributed by atoms with Gasteiger partial charge in [-0.2, -0.15) is 0 Å². The summed E-state index contributed by atoms with van der Waals surface area (Å²) in [7, 11) is 3.03. The zero-order valence-electron chi connectivity index (χ0n) is 23.0. The number of hydrogen-bond acceptors (Lipinski definition) is 9. The van der Waals surface area contributed by atoms with Crippen LogP contribution in [-0.4, -0.2) is 42.4 Å². The van der Waals surface area contributed by atoms with E-state index in [9.17, 15) is 19.5 Å². The number of aromatic carboxylic acids is 1.